The number of rotatable bonds is 3. The fraction of sp³-hybridized carbons (Fsp3) is 0.118. The maximum Gasteiger partial charge on any atom is 0.433 e. The molecular weight excluding hydrogens is 397 g/mol. The number of aromatic nitrogens is 3. The number of aromatic amines is 1. The molecule has 0 unspecified atom stereocenters. The summed E-state index contributed by atoms with van der Waals surface area (Å²) in [5, 5.41) is 12.0. The van der Waals surface area contributed by atoms with Crippen molar-refractivity contribution < 1.29 is 18.0 Å². The summed E-state index contributed by atoms with van der Waals surface area (Å²) in [5.74, 6) is -0.0996. The second-order valence-corrected chi connectivity index (χ2v) is 7.65. The number of alkyl halides is 3. The second kappa shape index (κ2) is 6.46. The molecule has 0 bridgehead atoms. The van der Waals surface area contributed by atoms with Crippen molar-refractivity contribution in [3.8, 4) is 10.6 Å². The van der Waals surface area contributed by atoms with Gasteiger partial charge in [-0.05, 0) is 36.1 Å². The van der Waals surface area contributed by atoms with Gasteiger partial charge in [-0.1, -0.05) is 6.07 Å². The van der Waals surface area contributed by atoms with E-state index in [0.717, 1.165) is 28.0 Å². The van der Waals surface area contributed by atoms with E-state index < -0.39 is 17.8 Å². The van der Waals surface area contributed by atoms with Gasteiger partial charge in [-0.2, -0.15) is 18.3 Å². The quantitative estimate of drug-likeness (QED) is 0.482. The SMILES string of the molecule is Cc1c(C(=O)Nc2cc(-c3cccs3)[nH]n2)sc2nc(C(F)(F)F)ccc12. The van der Waals surface area contributed by atoms with Gasteiger partial charge in [-0.25, -0.2) is 4.98 Å². The number of halogens is 3. The molecule has 0 fully saturated rings. The number of nitrogens with zero attached hydrogens (tertiary/aromatic N) is 2. The van der Waals surface area contributed by atoms with Crippen LogP contribution in [0.2, 0.25) is 0 Å². The monoisotopic (exact) mass is 408 g/mol. The number of carbonyl (C=O) groups excluding carboxylic acids is 1. The van der Waals surface area contributed by atoms with Crippen LogP contribution in [0.4, 0.5) is 19.0 Å². The van der Waals surface area contributed by atoms with E-state index in [1.54, 1.807) is 13.0 Å². The molecule has 0 aliphatic carbocycles. The number of H-pyrrole nitrogens is 1. The summed E-state index contributed by atoms with van der Waals surface area (Å²) < 4.78 is 38.5. The zero-order chi connectivity index (χ0) is 19.2. The molecular formula is C17H11F3N4OS2. The van der Waals surface area contributed by atoms with Crippen LogP contribution in [0.3, 0.4) is 0 Å². The van der Waals surface area contributed by atoms with Gasteiger partial charge in [0.1, 0.15) is 10.5 Å². The lowest BCUT2D eigenvalue weighted by Gasteiger charge is -2.04. The molecule has 0 aliphatic heterocycles. The maximum absolute atomic E-state index is 12.8. The Hall–Kier alpha value is -2.72. The van der Waals surface area contributed by atoms with Crippen LogP contribution in [0.15, 0.2) is 35.7 Å². The molecule has 4 aromatic heterocycles. The van der Waals surface area contributed by atoms with Gasteiger partial charge >= 0.3 is 6.18 Å². The Morgan fingerprint density at radius 1 is 1.26 bits per heavy atom. The fourth-order valence-corrected chi connectivity index (χ4v) is 4.36. The van der Waals surface area contributed by atoms with E-state index in [4.69, 9.17) is 0 Å². The Labute approximate surface area is 158 Å². The molecule has 10 heteroatoms. The lowest BCUT2D eigenvalue weighted by Crippen LogP contribution is -2.11. The minimum Gasteiger partial charge on any atom is -0.304 e. The lowest BCUT2D eigenvalue weighted by molar-refractivity contribution is -0.140. The highest BCUT2D eigenvalue weighted by atomic mass is 32.1. The lowest BCUT2D eigenvalue weighted by atomic mass is 10.2. The molecule has 0 spiro atoms. The molecule has 5 nitrogen and oxygen atoms in total. The number of anilines is 1. The number of amides is 1. The van der Waals surface area contributed by atoms with Crippen LogP contribution in [0, 0.1) is 6.92 Å². The summed E-state index contributed by atoms with van der Waals surface area (Å²) in [6.07, 6.45) is -4.53. The molecule has 4 heterocycles. The van der Waals surface area contributed by atoms with E-state index in [0.29, 0.717) is 21.6 Å². The van der Waals surface area contributed by atoms with Crippen LogP contribution < -0.4 is 5.32 Å². The Kier molecular flexibility index (Phi) is 4.23. The molecule has 4 aromatic rings. The molecule has 0 aromatic carbocycles. The summed E-state index contributed by atoms with van der Waals surface area (Å²) in [4.78, 5) is 17.7. The standard InChI is InChI=1S/C17H11F3N4OS2/c1-8-9-4-5-12(17(18,19)20)21-16(9)27-14(8)15(25)22-13-7-10(23-24-13)11-3-2-6-26-11/h2-7H,1H3,(H2,22,23,24,25). The van der Waals surface area contributed by atoms with Crippen LogP contribution >= 0.6 is 22.7 Å². The van der Waals surface area contributed by atoms with E-state index in [-0.39, 0.29) is 4.83 Å². The van der Waals surface area contributed by atoms with E-state index in [1.807, 2.05) is 17.5 Å². The number of carbonyl (C=O) groups is 1. The van der Waals surface area contributed by atoms with Gasteiger partial charge < -0.3 is 5.32 Å². The van der Waals surface area contributed by atoms with Crippen molar-refractivity contribution >= 4 is 44.6 Å². The largest absolute Gasteiger partial charge is 0.433 e. The number of hydrogen-bond donors (Lipinski definition) is 2. The number of fused-ring (bicyclic) bond motifs is 1. The molecule has 27 heavy (non-hydrogen) atoms. The number of nitrogens with one attached hydrogen (secondary N) is 2. The number of pyridine rings is 1. The summed E-state index contributed by atoms with van der Waals surface area (Å²) in [6, 6.07) is 7.79. The zero-order valence-corrected chi connectivity index (χ0v) is 15.4. The van der Waals surface area contributed by atoms with Crippen molar-refractivity contribution in [3.63, 3.8) is 0 Å². The molecule has 1 amide bonds. The fourth-order valence-electron chi connectivity index (χ4n) is 2.59. The van der Waals surface area contributed by atoms with Crippen LogP contribution in [-0.2, 0) is 6.18 Å². The van der Waals surface area contributed by atoms with E-state index >= 15 is 0 Å². The van der Waals surface area contributed by atoms with Crippen molar-refractivity contribution in [1.82, 2.24) is 15.2 Å². The normalized spacial score (nSPS) is 11.9. The molecule has 0 saturated carbocycles. The van der Waals surface area contributed by atoms with Crippen molar-refractivity contribution in [1.29, 1.82) is 0 Å². The van der Waals surface area contributed by atoms with E-state index in [2.05, 4.69) is 20.5 Å². The van der Waals surface area contributed by atoms with Gasteiger partial charge in [-0.3, -0.25) is 9.89 Å². The highest BCUT2D eigenvalue weighted by Gasteiger charge is 2.33. The number of hydrogen-bond acceptors (Lipinski definition) is 5. The average molecular weight is 408 g/mol. The first-order valence-corrected chi connectivity index (χ1v) is 9.40. The molecule has 0 radical (unpaired) electrons. The van der Waals surface area contributed by atoms with Gasteiger partial charge in [0.15, 0.2) is 5.82 Å². The highest BCUT2D eigenvalue weighted by Crippen LogP contribution is 2.34. The first kappa shape index (κ1) is 17.7. The van der Waals surface area contributed by atoms with Gasteiger partial charge in [0, 0.05) is 11.5 Å². The second-order valence-electron chi connectivity index (χ2n) is 5.70. The minimum atomic E-state index is -4.53. The third kappa shape index (κ3) is 3.33. The molecule has 0 saturated heterocycles. The predicted octanol–water partition coefficient (Wildman–Crippen LogP) is 5.33. The topological polar surface area (TPSA) is 70.7 Å². The van der Waals surface area contributed by atoms with Crippen molar-refractivity contribution in [2.45, 2.75) is 13.1 Å². The number of thiophene rings is 2. The summed E-state index contributed by atoms with van der Waals surface area (Å²) in [6.45, 7) is 1.68. The molecule has 0 aliphatic rings. The van der Waals surface area contributed by atoms with Gasteiger partial charge in [0.05, 0.1) is 15.4 Å². The first-order valence-electron chi connectivity index (χ1n) is 7.71. The summed E-state index contributed by atoms with van der Waals surface area (Å²) >= 11 is 2.46. The van der Waals surface area contributed by atoms with Crippen LogP contribution in [-0.4, -0.2) is 21.1 Å². The van der Waals surface area contributed by atoms with Crippen LogP contribution in [0.1, 0.15) is 20.9 Å². The van der Waals surface area contributed by atoms with E-state index in [9.17, 15) is 18.0 Å². The van der Waals surface area contributed by atoms with Gasteiger partial charge in [0.25, 0.3) is 5.91 Å². The van der Waals surface area contributed by atoms with E-state index in [1.165, 1.54) is 17.4 Å². The van der Waals surface area contributed by atoms with Crippen molar-refractivity contribution in [2.24, 2.45) is 0 Å². The Morgan fingerprint density at radius 2 is 2.07 bits per heavy atom. The smallest absolute Gasteiger partial charge is 0.304 e. The van der Waals surface area contributed by atoms with Crippen LogP contribution in [0.5, 0.6) is 0 Å². The average Bonchev–Trinajstić information content (AvgIpc) is 3.34. The Bertz CT molecular complexity index is 1130. The molecule has 0 atom stereocenters. The molecule has 4 rings (SSSR count). The zero-order valence-electron chi connectivity index (χ0n) is 13.7. The van der Waals surface area contributed by atoms with Crippen molar-refractivity contribution in [3.05, 3.63) is 51.8 Å². The molecule has 2 N–H and O–H groups in total. The van der Waals surface area contributed by atoms with Gasteiger partial charge in [0.2, 0.25) is 0 Å². The maximum atomic E-state index is 12.8. The third-order valence-corrected chi connectivity index (χ3v) is 6.01. The van der Waals surface area contributed by atoms with Crippen molar-refractivity contribution in [2.75, 3.05) is 5.32 Å². The third-order valence-electron chi connectivity index (χ3n) is 3.91. The molecule has 138 valence electrons. The minimum absolute atomic E-state index is 0.175. The summed E-state index contributed by atoms with van der Waals surface area (Å²) in [5.41, 5.74) is 0.378. The summed E-state index contributed by atoms with van der Waals surface area (Å²) in [7, 11) is 0. The van der Waals surface area contributed by atoms with Gasteiger partial charge in [-0.15, -0.1) is 22.7 Å². The Balaban J connectivity index is 1.62. The first-order chi connectivity index (χ1) is 12.8. The predicted molar refractivity (Wildman–Crippen MR) is 99.2 cm³/mol. The van der Waals surface area contributed by atoms with Crippen LogP contribution in [0.25, 0.3) is 20.8 Å². The Morgan fingerprint density at radius 3 is 2.78 bits per heavy atom. The highest BCUT2D eigenvalue weighted by molar-refractivity contribution is 7.20. The number of aryl methyl sites for hydroxylation is 1.